The molecule has 2 N–H and O–H groups in total. The lowest BCUT2D eigenvalue weighted by Crippen LogP contribution is -2.26. The molecule has 0 bridgehead atoms. The summed E-state index contributed by atoms with van der Waals surface area (Å²) in [6.07, 6.45) is 2.27. The molecule has 0 heterocycles. The van der Waals surface area contributed by atoms with Gasteiger partial charge in [-0.2, -0.15) is 0 Å². The fraction of sp³-hybridized carbons (Fsp3) is 0.556. The van der Waals surface area contributed by atoms with Gasteiger partial charge < -0.3 is 19.9 Å². The van der Waals surface area contributed by atoms with Crippen molar-refractivity contribution in [1.29, 1.82) is 0 Å². The smallest absolute Gasteiger partial charge is 0.201 e. The zero-order chi connectivity index (χ0) is 25.0. The fourth-order valence-electron chi connectivity index (χ4n) is 3.41. The number of hydrogen-bond donors (Lipinski definition) is 2. The number of phenols is 1. The van der Waals surface area contributed by atoms with E-state index in [1.54, 1.807) is 13.0 Å². The summed E-state index contributed by atoms with van der Waals surface area (Å²) >= 11 is 12.3. The van der Waals surface area contributed by atoms with Gasteiger partial charge in [-0.3, -0.25) is 0 Å². The van der Waals surface area contributed by atoms with Gasteiger partial charge >= 0.3 is 0 Å². The highest BCUT2D eigenvalue weighted by molar-refractivity contribution is 6.37. The lowest BCUT2D eigenvalue weighted by Gasteiger charge is -2.31. The first-order valence-electron chi connectivity index (χ1n) is 11.7. The van der Waals surface area contributed by atoms with Gasteiger partial charge in [0.1, 0.15) is 12.5 Å². The van der Waals surface area contributed by atoms with E-state index in [1.165, 1.54) is 11.1 Å². The van der Waals surface area contributed by atoms with Crippen molar-refractivity contribution in [2.24, 2.45) is 0 Å². The third-order valence-electron chi connectivity index (χ3n) is 6.80. The van der Waals surface area contributed by atoms with Gasteiger partial charge in [-0.1, -0.05) is 83.8 Å². The normalized spacial score (nSPS) is 13.2. The highest BCUT2D eigenvalue weighted by atomic mass is 35.5. The molecular weight excluding hydrogens is 457 g/mol. The van der Waals surface area contributed by atoms with Crippen LogP contribution in [0, 0.1) is 6.92 Å². The van der Waals surface area contributed by atoms with Crippen LogP contribution < -0.4 is 10.1 Å². The Bertz CT molecular complexity index is 957. The fourth-order valence-corrected chi connectivity index (χ4v) is 3.86. The van der Waals surface area contributed by atoms with Gasteiger partial charge in [0.2, 0.25) is 6.29 Å². The lowest BCUT2D eigenvalue weighted by atomic mass is 9.76. The van der Waals surface area contributed by atoms with Crippen LogP contribution in [0.15, 0.2) is 24.3 Å². The number of nitrogens with one attached hydrogen (secondary N) is 1. The Morgan fingerprint density at radius 1 is 1.00 bits per heavy atom. The minimum absolute atomic E-state index is 0.0348. The quantitative estimate of drug-likeness (QED) is 0.242. The number of halogens is 2. The molecule has 0 fully saturated rings. The van der Waals surface area contributed by atoms with E-state index in [4.69, 9.17) is 32.7 Å². The van der Waals surface area contributed by atoms with Gasteiger partial charge in [-0.05, 0) is 53.9 Å². The Balaban J connectivity index is 2.21. The molecule has 0 saturated carbocycles. The molecule has 0 aliphatic rings. The molecular formula is C27H39Cl2NO3. The van der Waals surface area contributed by atoms with Crippen molar-refractivity contribution in [3.63, 3.8) is 0 Å². The van der Waals surface area contributed by atoms with Crippen LogP contribution in [0.25, 0.3) is 0 Å². The maximum absolute atomic E-state index is 10.3. The summed E-state index contributed by atoms with van der Waals surface area (Å²) in [7, 11) is 0. The molecule has 2 aromatic carbocycles. The summed E-state index contributed by atoms with van der Waals surface area (Å²) in [5.41, 5.74) is 3.62. The van der Waals surface area contributed by atoms with Crippen LogP contribution in [0.5, 0.6) is 11.5 Å². The van der Waals surface area contributed by atoms with Crippen LogP contribution >= 0.6 is 23.2 Å². The Labute approximate surface area is 209 Å². The Kier molecular flexibility index (Phi) is 9.38. The highest BCUT2D eigenvalue weighted by Gasteiger charge is 2.27. The molecule has 2 aromatic rings. The summed E-state index contributed by atoms with van der Waals surface area (Å²) in [6, 6.07) is 8.17. The summed E-state index contributed by atoms with van der Waals surface area (Å²) in [4.78, 5) is 0. The third-order valence-corrected chi connectivity index (χ3v) is 7.66. The van der Waals surface area contributed by atoms with E-state index in [2.05, 4.69) is 65.1 Å². The molecule has 2 rings (SSSR count). The number of benzene rings is 2. The van der Waals surface area contributed by atoms with Crippen molar-refractivity contribution in [1.82, 2.24) is 0 Å². The predicted octanol–water partition coefficient (Wildman–Crippen LogP) is 8.58. The van der Waals surface area contributed by atoms with Crippen molar-refractivity contribution >= 4 is 28.9 Å². The lowest BCUT2D eigenvalue weighted by molar-refractivity contribution is -0.0754. The Morgan fingerprint density at radius 2 is 1.64 bits per heavy atom. The molecule has 1 atom stereocenters. The molecule has 0 aromatic heterocycles. The van der Waals surface area contributed by atoms with Gasteiger partial charge in [0, 0.05) is 17.0 Å². The van der Waals surface area contributed by atoms with Crippen molar-refractivity contribution < 1.29 is 14.6 Å². The van der Waals surface area contributed by atoms with E-state index in [-0.39, 0.29) is 28.3 Å². The zero-order valence-corrected chi connectivity index (χ0v) is 22.7. The van der Waals surface area contributed by atoms with Crippen molar-refractivity contribution in [2.45, 2.75) is 91.8 Å². The van der Waals surface area contributed by atoms with Crippen molar-refractivity contribution in [3.8, 4) is 11.5 Å². The zero-order valence-electron chi connectivity index (χ0n) is 21.2. The molecule has 6 heteroatoms. The molecule has 0 aliphatic heterocycles. The van der Waals surface area contributed by atoms with Crippen LogP contribution in [0.3, 0.4) is 0 Å². The van der Waals surface area contributed by atoms with E-state index in [0.717, 1.165) is 18.6 Å². The van der Waals surface area contributed by atoms with Crippen LogP contribution in [-0.4, -0.2) is 18.1 Å². The molecule has 33 heavy (non-hydrogen) atoms. The molecule has 0 saturated heterocycles. The van der Waals surface area contributed by atoms with E-state index >= 15 is 0 Å². The van der Waals surface area contributed by atoms with E-state index in [9.17, 15) is 5.11 Å². The van der Waals surface area contributed by atoms with Crippen LogP contribution in [-0.2, 0) is 15.6 Å². The van der Waals surface area contributed by atoms with Crippen LogP contribution in [0.4, 0.5) is 5.69 Å². The summed E-state index contributed by atoms with van der Waals surface area (Å²) < 4.78 is 12.3. The number of ether oxygens (including phenoxy) is 2. The van der Waals surface area contributed by atoms with Gasteiger partial charge in [0.15, 0.2) is 5.75 Å². The Morgan fingerprint density at radius 3 is 2.21 bits per heavy atom. The summed E-state index contributed by atoms with van der Waals surface area (Å²) in [5, 5.41) is 14.0. The molecule has 0 amide bonds. The maximum atomic E-state index is 10.3. The first kappa shape index (κ1) is 27.6. The van der Waals surface area contributed by atoms with E-state index < -0.39 is 6.29 Å². The van der Waals surface area contributed by atoms with Crippen molar-refractivity contribution in [3.05, 3.63) is 51.0 Å². The first-order valence-corrected chi connectivity index (χ1v) is 12.5. The average Bonchev–Trinajstić information content (AvgIpc) is 2.80. The standard InChI is InChI=1S/C27H39Cl2NO3/c1-9-23(32-16-30-21-15-20(28)17(4)24(29)25(21)31)33-22-13-12-18(26(5,6)10-2)14-19(22)27(7,8)11-3/h12-15,23,30-31H,9-11,16H2,1-8H3. The van der Waals surface area contributed by atoms with Gasteiger partial charge in [-0.15, -0.1) is 0 Å². The minimum Gasteiger partial charge on any atom is -0.504 e. The second kappa shape index (κ2) is 11.2. The SMILES string of the molecule is CCC(OCNc1cc(Cl)c(C)c(Cl)c1O)Oc1ccc(C(C)(C)CC)cc1C(C)(C)CC. The van der Waals surface area contributed by atoms with Crippen molar-refractivity contribution in [2.75, 3.05) is 12.0 Å². The number of anilines is 1. The third kappa shape index (κ3) is 6.49. The monoisotopic (exact) mass is 495 g/mol. The molecule has 1 unspecified atom stereocenters. The summed E-state index contributed by atoms with van der Waals surface area (Å²) in [6.45, 7) is 17.4. The second-order valence-corrected chi connectivity index (χ2v) is 10.6. The molecule has 0 radical (unpaired) electrons. The summed E-state index contributed by atoms with van der Waals surface area (Å²) in [5.74, 6) is 0.797. The average molecular weight is 497 g/mol. The van der Waals surface area contributed by atoms with Gasteiger partial charge in [0.25, 0.3) is 0 Å². The second-order valence-electron chi connectivity index (χ2n) is 9.82. The van der Waals surface area contributed by atoms with E-state index in [0.29, 0.717) is 22.7 Å². The molecule has 4 nitrogen and oxygen atoms in total. The number of hydrogen-bond acceptors (Lipinski definition) is 4. The predicted molar refractivity (Wildman–Crippen MR) is 140 cm³/mol. The molecule has 0 spiro atoms. The largest absolute Gasteiger partial charge is 0.504 e. The topological polar surface area (TPSA) is 50.7 Å². The maximum Gasteiger partial charge on any atom is 0.201 e. The number of aromatic hydroxyl groups is 1. The van der Waals surface area contributed by atoms with Crippen LogP contribution in [0.1, 0.15) is 84.4 Å². The Hall–Kier alpha value is -1.62. The number of rotatable bonds is 11. The molecule has 0 aliphatic carbocycles. The highest BCUT2D eigenvalue weighted by Crippen LogP contribution is 2.40. The first-order chi connectivity index (χ1) is 15.4. The minimum atomic E-state index is -0.451. The molecule has 184 valence electrons. The van der Waals surface area contributed by atoms with Gasteiger partial charge in [-0.25, -0.2) is 0 Å². The number of phenolic OH excluding ortho intramolecular Hbond substituents is 1. The van der Waals surface area contributed by atoms with Crippen LogP contribution in [0.2, 0.25) is 10.0 Å². The van der Waals surface area contributed by atoms with Gasteiger partial charge in [0.05, 0.1) is 10.7 Å². The van der Waals surface area contributed by atoms with E-state index in [1.807, 2.05) is 6.92 Å².